The number of aryl methyl sites for hydroxylation is 1. The average molecular weight is 327 g/mol. The highest BCUT2D eigenvalue weighted by Gasteiger charge is 2.56. The van der Waals surface area contributed by atoms with Crippen molar-refractivity contribution in [3.8, 4) is 5.75 Å². The molecule has 0 amide bonds. The van der Waals surface area contributed by atoms with Crippen LogP contribution in [0.1, 0.15) is 22.3 Å². The van der Waals surface area contributed by atoms with Crippen LogP contribution in [0.15, 0.2) is 42.5 Å². The molecule has 1 aliphatic rings. The van der Waals surface area contributed by atoms with Crippen LogP contribution in [0, 0.1) is 6.92 Å². The van der Waals surface area contributed by atoms with Crippen LogP contribution in [0.2, 0.25) is 0 Å². The molecule has 1 nitrogen and oxygen atoms in total. The average Bonchev–Trinajstić information content (AvgIpc) is 2.93. The summed E-state index contributed by atoms with van der Waals surface area (Å²) in [7, 11) is 0. The number of alkyl halides is 4. The Labute approximate surface area is 131 Å². The largest absolute Gasteiger partial charge is 0.493 e. The molecular weight excluding hydrogens is 313 g/mol. The number of fused-ring (bicyclic) bond motifs is 1. The summed E-state index contributed by atoms with van der Waals surface area (Å²) in [6.45, 7) is 2.31. The first-order valence-corrected chi connectivity index (χ1v) is 7.29. The van der Waals surface area contributed by atoms with Crippen LogP contribution in [0.25, 0.3) is 0 Å². The minimum Gasteiger partial charge on any atom is -0.493 e. The molecule has 3 rings (SSSR count). The van der Waals surface area contributed by atoms with Crippen molar-refractivity contribution in [3.05, 3.63) is 64.7 Å². The Morgan fingerprint density at radius 1 is 1.00 bits per heavy atom. The molecule has 116 valence electrons. The lowest BCUT2D eigenvalue weighted by Gasteiger charge is -2.31. The fourth-order valence-electron chi connectivity index (χ4n) is 2.68. The summed E-state index contributed by atoms with van der Waals surface area (Å²) >= 11 is 6.15. The Kier molecular flexibility index (Phi) is 3.60. The van der Waals surface area contributed by atoms with Crippen LogP contribution in [0.5, 0.6) is 5.75 Å². The van der Waals surface area contributed by atoms with E-state index in [2.05, 4.69) is 0 Å². The third-order valence-corrected chi connectivity index (χ3v) is 4.58. The smallest absolute Gasteiger partial charge is 0.415 e. The summed E-state index contributed by atoms with van der Waals surface area (Å²) < 4.78 is 46.6. The molecule has 1 unspecified atom stereocenters. The first-order valence-electron chi connectivity index (χ1n) is 6.91. The van der Waals surface area contributed by atoms with Crippen LogP contribution in [-0.4, -0.2) is 12.8 Å². The van der Waals surface area contributed by atoms with Crippen molar-refractivity contribution in [2.45, 2.75) is 24.4 Å². The minimum atomic E-state index is -4.61. The molecule has 0 aromatic heterocycles. The molecule has 0 spiro atoms. The lowest BCUT2D eigenvalue weighted by molar-refractivity contribution is -0.154. The number of benzene rings is 2. The Bertz CT molecular complexity index is 694. The van der Waals surface area contributed by atoms with E-state index in [4.69, 9.17) is 16.3 Å². The molecule has 1 atom stereocenters. The zero-order valence-corrected chi connectivity index (χ0v) is 12.6. The van der Waals surface area contributed by atoms with Crippen LogP contribution in [-0.2, 0) is 11.3 Å². The number of ether oxygens (including phenoxy) is 1. The number of halogens is 4. The summed E-state index contributed by atoms with van der Waals surface area (Å²) in [4.78, 5) is -2.56. The number of hydrogen-bond donors (Lipinski definition) is 0. The van der Waals surface area contributed by atoms with E-state index in [1.807, 2.05) is 6.92 Å². The van der Waals surface area contributed by atoms with Crippen molar-refractivity contribution in [2.75, 3.05) is 6.61 Å². The van der Waals surface area contributed by atoms with Crippen molar-refractivity contribution in [1.29, 1.82) is 0 Å². The van der Waals surface area contributed by atoms with E-state index in [1.54, 1.807) is 18.2 Å². The van der Waals surface area contributed by atoms with Crippen molar-refractivity contribution < 1.29 is 17.9 Å². The van der Waals surface area contributed by atoms with Gasteiger partial charge < -0.3 is 4.74 Å². The summed E-state index contributed by atoms with van der Waals surface area (Å²) in [6.07, 6.45) is -4.01. The van der Waals surface area contributed by atoms with Crippen LogP contribution < -0.4 is 4.74 Å². The molecule has 0 bridgehead atoms. The van der Waals surface area contributed by atoms with E-state index in [-0.39, 0.29) is 11.1 Å². The zero-order valence-electron chi connectivity index (χ0n) is 11.9. The molecule has 22 heavy (non-hydrogen) atoms. The Morgan fingerprint density at radius 3 is 2.27 bits per heavy atom. The highest BCUT2D eigenvalue weighted by molar-refractivity contribution is 6.26. The van der Waals surface area contributed by atoms with Gasteiger partial charge in [-0.1, -0.05) is 47.5 Å². The van der Waals surface area contributed by atoms with Gasteiger partial charge in [-0.2, -0.15) is 13.2 Å². The SMILES string of the molecule is Cc1ccc(C(Cl)(c2ccc3c(c2)CCO3)C(F)(F)F)cc1. The molecule has 1 heterocycles. The van der Waals surface area contributed by atoms with Gasteiger partial charge in [-0.3, -0.25) is 0 Å². The van der Waals surface area contributed by atoms with E-state index < -0.39 is 11.1 Å². The lowest BCUT2D eigenvalue weighted by atomic mass is 9.88. The molecule has 0 aliphatic carbocycles. The molecule has 0 fully saturated rings. The highest BCUT2D eigenvalue weighted by Crippen LogP contribution is 2.50. The van der Waals surface area contributed by atoms with Gasteiger partial charge in [0.05, 0.1) is 6.61 Å². The maximum Gasteiger partial charge on any atom is 0.415 e. The van der Waals surface area contributed by atoms with E-state index in [0.717, 1.165) is 11.1 Å². The third kappa shape index (κ3) is 2.35. The molecule has 2 aromatic carbocycles. The summed E-state index contributed by atoms with van der Waals surface area (Å²) in [6, 6.07) is 10.6. The van der Waals surface area contributed by atoms with Gasteiger partial charge in [0.2, 0.25) is 0 Å². The van der Waals surface area contributed by atoms with E-state index in [9.17, 15) is 13.2 Å². The van der Waals surface area contributed by atoms with Gasteiger partial charge in [-0.25, -0.2) is 0 Å². The summed E-state index contributed by atoms with van der Waals surface area (Å²) in [5.74, 6) is 0.633. The maximum atomic E-state index is 13.8. The molecule has 5 heteroatoms. The zero-order chi connectivity index (χ0) is 16.0. The van der Waals surface area contributed by atoms with E-state index >= 15 is 0 Å². The van der Waals surface area contributed by atoms with Crippen LogP contribution in [0.4, 0.5) is 13.2 Å². The minimum absolute atomic E-state index is 0.0196. The Balaban J connectivity index is 2.16. The highest BCUT2D eigenvalue weighted by atomic mass is 35.5. The van der Waals surface area contributed by atoms with Gasteiger partial charge in [0.25, 0.3) is 0 Å². The van der Waals surface area contributed by atoms with Crippen LogP contribution >= 0.6 is 11.6 Å². The Hall–Kier alpha value is -1.68. The lowest BCUT2D eigenvalue weighted by Crippen LogP contribution is -2.38. The second kappa shape index (κ2) is 5.20. The monoisotopic (exact) mass is 326 g/mol. The van der Waals surface area contributed by atoms with Crippen molar-refractivity contribution in [2.24, 2.45) is 0 Å². The topological polar surface area (TPSA) is 9.23 Å². The van der Waals surface area contributed by atoms with Gasteiger partial charge in [0.15, 0.2) is 4.87 Å². The molecule has 0 saturated heterocycles. The molecule has 0 N–H and O–H groups in total. The predicted octanol–water partition coefficient (Wildman–Crippen LogP) is 4.97. The first-order chi connectivity index (χ1) is 10.3. The molecule has 0 radical (unpaired) electrons. The summed E-state index contributed by atoms with van der Waals surface area (Å²) in [5.41, 5.74) is 1.69. The fraction of sp³-hybridized carbons (Fsp3) is 0.294. The molecular formula is C17H14ClF3O. The van der Waals surface area contributed by atoms with Gasteiger partial charge in [0, 0.05) is 6.42 Å². The standard InChI is InChI=1S/C17H14ClF3O/c1-11-2-4-13(5-3-11)16(18,17(19,20)21)14-6-7-15-12(10-14)8-9-22-15/h2-7,10H,8-9H2,1H3. The molecule has 2 aromatic rings. The fourth-order valence-corrected chi connectivity index (χ4v) is 2.92. The van der Waals surface area contributed by atoms with Crippen LogP contribution in [0.3, 0.4) is 0 Å². The molecule has 0 saturated carbocycles. The maximum absolute atomic E-state index is 13.8. The number of rotatable bonds is 2. The van der Waals surface area contributed by atoms with E-state index in [1.165, 1.54) is 24.3 Å². The van der Waals surface area contributed by atoms with Gasteiger partial charge in [-0.15, -0.1) is 0 Å². The normalized spacial score (nSPS) is 16.8. The molecule has 1 aliphatic heterocycles. The quantitative estimate of drug-likeness (QED) is 0.708. The third-order valence-electron chi connectivity index (χ3n) is 3.93. The van der Waals surface area contributed by atoms with Crippen molar-refractivity contribution >= 4 is 11.6 Å². The van der Waals surface area contributed by atoms with Crippen molar-refractivity contribution in [1.82, 2.24) is 0 Å². The summed E-state index contributed by atoms with van der Waals surface area (Å²) in [5, 5.41) is 0. The van der Waals surface area contributed by atoms with Gasteiger partial charge in [-0.05, 0) is 35.7 Å². The second-order valence-corrected chi connectivity index (χ2v) is 6.01. The van der Waals surface area contributed by atoms with Crippen molar-refractivity contribution in [3.63, 3.8) is 0 Å². The van der Waals surface area contributed by atoms with Gasteiger partial charge in [0.1, 0.15) is 5.75 Å². The van der Waals surface area contributed by atoms with Gasteiger partial charge >= 0.3 is 6.18 Å². The number of hydrogen-bond acceptors (Lipinski definition) is 1. The van der Waals surface area contributed by atoms with E-state index in [0.29, 0.717) is 18.8 Å². The Morgan fingerprint density at radius 2 is 1.64 bits per heavy atom. The second-order valence-electron chi connectivity index (χ2n) is 5.44. The predicted molar refractivity (Wildman–Crippen MR) is 79.5 cm³/mol. The first kappa shape index (κ1) is 15.2.